The average molecular weight is 302 g/mol. The van der Waals surface area contributed by atoms with E-state index in [1.54, 1.807) is 24.2 Å². The molecule has 0 saturated carbocycles. The standard InChI is InChI=1S/C12H18N2O7/c1-8(14-4-3-13(2)7-14)21-10(17)6-12(20,11(18)19)5-9(15)16/h3-4,8,20H,5-7H2,1-2H3,(H,15,16)(H,18,19). The predicted octanol–water partition coefficient (Wildman–Crippen LogP) is -0.768. The summed E-state index contributed by atoms with van der Waals surface area (Å²) in [6, 6.07) is 0. The first-order valence-corrected chi connectivity index (χ1v) is 6.15. The summed E-state index contributed by atoms with van der Waals surface area (Å²) in [7, 11) is 1.82. The van der Waals surface area contributed by atoms with E-state index in [9.17, 15) is 19.5 Å². The van der Waals surface area contributed by atoms with E-state index in [2.05, 4.69) is 0 Å². The SMILES string of the molecule is CC(OC(=O)CC(O)(CC(=O)O)C(=O)O)N1C=CN(C)C1. The first-order chi connectivity index (χ1) is 9.64. The molecule has 0 radical (unpaired) electrons. The Morgan fingerprint density at radius 2 is 1.90 bits per heavy atom. The van der Waals surface area contributed by atoms with Crippen LogP contribution in [0.5, 0.6) is 0 Å². The highest BCUT2D eigenvalue weighted by Gasteiger charge is 2.41. The first-order valence-electron chi connectivity index (χ1n) is 6.15. The molecule has 2 unspecified atom stereocenters. The van der Waals surface area contributed by atoms with Crippen molar-refractivity contribution in [1.82, 2.24) is 9.80 Å². The fraction of sp³-hybridized carbons (Fsp3) is 0.583. The number of ether oxygens (including phenoxy) is 1. The highest BCUT2D eigenvalue weighted by Crippen LogP contribution is 2.18. The van der Waals surface area contributed by atoms with Crippen molar-refractivity contribution in [3.8, 4) is 0 Å². The molecule has 0 bridgehead atoms. The van der Waals surface area contributed by atoms with E-state index in [0.29, 0.717) is 6.67 Å². The van der Waals surface area contributed by atoms with Gasteiger partial charge in [0.05, 0.1) is 19.5 Å². The van der Waals surface area contributed by atoms with Gasteiger partial charge in [-0.3, -0.25) is 9.59 Å². The van der Waals surface area contributed by atoms with Crippen molar-refractivity contribution < 1.29 is 34.4 Å². The highest BCUT2D eigenvalue weighted by atomic mass is 16.6. The Kier molecular flexibility index (Phi) is 5.14. The molecule has 1 heterocycles. The molecule has 1 aliphatic heterocycles. The van der Waals surface area contributed by atoms with E-state index in [1.807, 2.05) is 11.9 Å². The van der Waals surface area contributed by atoms with Crippen LogP contribution in [0.3, 0.4) is 0 Å². The van der Waals surface area contributed by atoms with Gasteiger partial charge in [0.2, 0.25) is 0 Å². The predicted molar refractivity (Wildman–Crippen MR) is 68.6 cm³/mol. The van der Waals surface area contributed by atoms with Gasteiger partial charge < -0.3 is 29.9 Å². The third-order valence-corrected chi connectivity index (χ3v) is 2.95. The van der Waals surface area contributed by atoms with Crippen LogP contribution in [0.15, 0.2) is 12.4 Å². The van der Waals surface area contributed by atoms with Gasteiger partial charge in [0.25, 0.3) is 0 Å². The summed E-state index contributed by atoms with van der Waals surface area (Å²) in [6.45, 7) is 2.07. The van der Waals surface area contributed by atoms with Crippen molar-refractivity contribution in [2.75, 3.05) is 13.7 Å². The lowest BCUT2D eigenvalue weighted by Crippen LogP contribution is -2.44. The largest absolute Gasteiger partial charge is 0.481 e. The Bertz CT molecular complexity index is 465. The summed E-state index contributed by atoms with van der Waals surface area (Å²) in [5.74, 6) is -4.29. The summed E-state index contributed by atoms with van der Waals surface area (Å²) in [5.41, 5.74) is -2.68. The number of aliphatic carboxylic acids is 2. The number of hydrogen-bond acceptors (Lipinski definition) is 7. The van der Waals surface area contributed by atoms with Crippen LogP contribution < -0.4 is 0 Å². The third kappa shape index (κ3) is 4.63. The fourth-order valence-electron chi connectivity index (χ4n) is 1.79. The number of aliphatic hydroxyl groups is 1. The van der Waals surface area contributed by atoms with Gasteiger partial charge in [0.1, 0.15) is 0 Å². The van der Waals surface area contributed by atoms with Crippen LogP contribution in [0.25, 0.3) is 0 Å². The van der Waals surface area contributed by atoms with Gasteiger partial charge in [-0.05, 0) is 6.92 Å². The number of nitrogens with zero attached hydrogens (tertiary/aromatic N) is 2. The fourth-order valence-corrected chi connectivity index (χ4v) is 1.79. The van der Waals surface area contributed by atoms with Crippen LogP contribution in [0, 0.1) is 0 Å². The molecule has 0 aromatic rings. The molecule has 1 rings (SSSR count). The summed E-state index contributed by atoms with van der Waals surface area (Å²) in [5, 5.41) is 27.2. The van der Waals surface area contributed by atoms with Gasteiger partial charge >= 0.3 is 17.9 Å². The van der Waals surface area contributed by atoms with Crippen molar-refractivity contribution in [1.29, 1.82) is 0 Å². The lowest BCUT2D eigenvalue weighted by atomic mass is 9.96. The molecule has 0 aromatic carbocycles. The van der Waals surface area contributed by atoms with Gasteiger partial charge in [-0.2, -0.15) is 0 Å². The van der Waals surface area contributed by atoms with E-state index < -0.39 is 42.6 Å². The van der Waals surface area contributed by atoms with Crippen LogP contribution in [-0.2, 0) is 19.1 Å². The van der Waals surface area contributed by atoms with Gasteiger partial charge in [0.15, 0.2) is 11.8 Å². The molecular formula is C12H18N2O7. The number of carbonyl (C=O) groups excluding carboxylic acids is 1. The Morgan fingerprint density at radius 1 is 1.29 bits per heavy atom. The number of hydrogen-bond donors (Lipinski definition) is 3. The molecule has 0 spiro atoms. The van der Waals surface area contributed by atoms with E-state index in [1.165, 1.54) is 0 Å². The monoisotopic (exact) mass is 302 g/mol. The van der Waals surface area contributed by atoms with Crippen LogP contribution in [0.1, 0.15) is 19.8 Å². The minimum atomic E-state index is -2.68. The van der Waals surface area contributed by atoms with E-state index in [-0.39, 0.29) is 0 Å². The summed E-state index contributed by atoms with van der Waals surface area (Å²) < 4.78 is 5.00. The number of rotatable bonds is 7. The molecule has 0 saturated heterocycles. The molecule has 0 fully saturated rings. The van der Waals surface area contributed by atoms with Gasteiger partial charge in [0, 0.05) is 19.4 Å². The lowest BCUT2D eigenvalue weighted by molar-refractivity contribution is -0.176. The molecule has 9 nitrogen and oxygen atoms in total. The van der Waals surface area contributed by atoms with Crippen molar-refractivity contribution in [2.45, 2.75) is 31.6 Å². The molecule has 9 heteroatoms. The van der Waals surface area contributed by atoms with Crippen molar-refractivity contribution in [3.05, 3.63) is 12.4 Å². The Hall–Kier alpha value is -2.29. The second kappa shape index (κ2) is 6.44. The van der Waals surface area contributed by atoms with Crippen molar-refractivity contribution in [2.24, 2.45) is 0 Å². The number of carboxylic acid groups (broad SMARTS) is 2. The molecule has 0 amide bonds. The van der Waals surface area contributed by atoms with Crippen molar-refractivity contribution in [3.63, 3.8) is 0 Å². The number of carboxylic acids is 2. The normalized spacial score (nSPS) is 18.2. The van der Waals surface area contributed by atoms with E-state index >= 15 is 0 Å². The molecule has 0 aromatic heterocycles. The molecule has 21 heavy (non-hydrogen) atoms. The van der Waals surface area contributed by atoms with Crippen LogP contribution in [0.2, 0.25) is 0 Å². The zero-order valence-electron chi connectivity index (χ0n) is 11.7. The maximum atomic E-state index is 11.7. The van der Waals surface area contributed by atoms with Crippen LogP contribution >= 0.6 is 0 Å². The maximum absolute atomic E-state index is 11.7. The Balaban J connectivity index is 2.60. The zero-order valence-corrected chi connectivity index (χ0v) is 11.7. The Labute approximate surface area is 121 Å². The topological polar surface area (TPSA) is 128 Å². The molecule has 3 N–H and O–H groups in total. The smallest absolute Gasteiger partial charge is 0.336 e. The summed E-state index contributed by atoms with van der Waals surface area (Å²) in [6.07, 6.45) is 0.771. The molecule has 0 aliphatic carbocycles. The minimum Gasteiger partial charge on any atom is -0.481 e. The molecule has 118 valence electrons. The molecule has 1 aliphatic rings. The minimum absolute atomic E-state index is 0.493. The maximum Gasteiger partial charge on any atom is 0.336 e. The van der Waals surface area contributed by atoms with Gasteiger partial charge in [-0.25, -0.2) is 4.79 Å². The highest BCUT2D eigenvalue weighted by molar-refractivity contribution is 5.88. The Morgan fingerprint density at radius 3 is 2.33 bits per heavy atom. The number of esters is 1. The summed E-state index contributed by atoms with van der Waals surface area (Å²) >= 11 is 0. The quantitative estimate of drug-likeness (QED) is 0.519. The molecular weight excluding hydrogens is 284 g/mol. The van der Waals surface area contributed by atoms with E-state index in [0.717, 1.165) is 0 Å². The third-order valence-electron chi connectivity index (χ3n) is 2.95. The lowest BCUT2D eigenvalue weighted by Gasteiger charge is -2.27. The second-order valence-corrected chi connectivity index (χ2v) is 4.88. The average Bonchev–Trinajstić information content (AvgIpc) is 2.74. The van der Waals surface area contributed by atoms with Crippen molar-refractivity contribution >= 4 is 17.9 Å². The molecule has 2 atom stereocenters. The van der Waals surface area contributed by atoms with E-state index in [4.69, 9.17) is 14.9 Å². The van der Waals surface area contributed by atoms with Gasteiger partial charge in [-0.15, -0.1) is 0 Å². The van der Waals surface area contributed by atoms with Gasteiger partial charge in [-0.1, -0.05) is 0 Å². The van der Waals surface area contributed by atoms with Crippen LogP contribution in [-0.4, -0.2) is 68.6 Å². The number of carbonyl (C=O) groups is 3. The zero-order chi connectivity index (χ0) is 16.2. The summed E-state index contributed by atoms with van der Waals surface area (Å²) in [4.78, 5) is 36.7. The second-order valence-electron chi connectivity index (χ2n) is 4.88. The van der Waals surface area contributed by atoms with Crippen LogP contribution in [0.4, 0.5) is 0 Å². The first kappa shape index (κ1) is 16.8.